The molecule has 1 heterocycles. The van der Waals surface area contributed by atoms with E-state index in [0.29, 0.717) is 22.5 Å². The molecule has 6 heteroatoms. The van der Waals surface area contributed by atoms with Crippen molar-refractivity contribution in [3.63, 3.8) is 0 Å². The number of rotatable bonds is 3. The smallest absolute Gasteiger partial charge is 0.257 e. The van der Waals surface area contributed by atoms with Crippen LogP contribution in [0.5, 0.6) is 0 Å². The molecule has 0 aliphatic heterocycles. The van der Waals surface area contributed by atoms with Crippen LogP contribution in [0.3, 0.4) is 0 Å². The van der Waals surface area contributed by atoms with Gasteiger partial charge in [0.15, 0.2) is 11.6 Å². The predicted molar refractivity (Wildman–Crippen MR) is 88.7 cm³/mol. The minimum atomic E-state index is -0.970. The minimum Gasteiger partial charge on any atom is -0.322 e. The standard InChI is InChI=1S/C19H13F3N2O/c1-11-2-5-14(9-16(11)21)24-19(25)13-4-7-18(23-10-13)12-3-6-15(20)17(22)8-12/h2-10H,1H3,(H,24,25). The van der Waals surface area contributed by atoms with Crippen LogP contribution in [0.2, 0.25) is 0 Å². The first-order valence-corrected chi connectivity index (χ1v) is 7.43. The van der Waals surface area contributed by atoms with Crippen LogP contribution in [0, 0.1) is 24.4 Å². The van der Waals surface area contributed by atoms with Gasteiger partial charge in [0.2, 0.25) is 0 Å². The van der Waals surface area contributed by atoms with Crippen molar-refractivity contribution >= 4 is 11.6 Å². The first kappa shape index (κ1) is 16.7. The van der Waals surface area contributed by atoms with Crippen molar-refractivity contribution in [2.24, 2.45) is 0 Å². The summed E-state index contributed by atoms with van der Waals surface area (Å²) in [4.78, 5) is 16.3. The van der Waals surface area contributed by atoms with E-state index in [9.17, 15) is 18.0 Å². The third-order valence-electron chi connectivity index (χ3n) is 3.67. The summed E-state index contributed by atoms with van der Waals surface area (Å²) < 4.78 is 39.8. The van der Waals surface area contributed by atoms with Gasteiger partial charge >= 0.3 is 0 Å². The molecule has 0 spiro atoms. The maximum Gasteiger partial charge on any atom is 0.257 e. The van der Waals surface area contributed by atoms with Crippen LogP contribution in [0.4, 0.5) is 18.9 Å². The summed E-state index contributed by atoms with van der Waals surface area (Å²) in [5, 5.41) is 2.57. The number of hydrogen-bond donors (Lipinski definition) is 1. The van der Waals surface area contributed by atoms with E-state index in [-0.39, 0.29) is 5.56 Å². The molecule has 25 heavy (non-hydrogen) atoms. The molecule has 126 valence electrons. The number of aromatic nitrogens is 1. The zero-order valence-corrected chi connectivity index (χ0v) is 13.2. The number of nitrogens with one attached hydrogen (secondary N) is 1. The maximum atomic E-state index is 13.5. The molecule has 0 atom stereocenters. The number of benzene rings is 2. The number of nitrogens with zero attached hydrogens (tertiary/aromatic N) is 1. The molecule has 0 unspecified atom stereocenters. The molecular formula is C19H13F3N2O. The Bertz CT molecular complexity index is 940. The van der Waals surface area contributed by atoms with Crippen LogP contribution in [0.25, 0.3) is 11.3 Å². The predicted octanol–water partition coefficient (Wildman–Crippen LogP) is 4.73. The fourth-order valence-electron chi connectivity index (χ4n) is 2.23. The molecule has 3 nitrogen and oxygen atoms in total. The molecule has 3 aromatic rings. The number of anilines is 1. The van der Waals surface area contributed by atoms with Gasteiger partial charge in [-0.1, -0.05) is 6.07 Å². The highest BCUT2D eigenvalue weighted by molar-refractivity contribution is 6.04. The van der Waals surface area contributed by atoms with Crippen LogP contribution in [0.15, 0.2) is 54.7 Å². The topological polar surface area (TPSA) is 42.0 Å². The van der Waals surface area contributed by atoms with Crippen molar-refractivity contribution in [1.82, 2.24) is 4.98 Å². The Morgan fingerprint density at radius 2 is 1.72 bits per heavy atom. The number of aryl methyl sites for hydroxylation is 1. The van der Waals surface area contributed by atoms with E-state index in [1.165, 1.54) is 30.5 Å². The first-order valence-electron chi connectivity index (χ1n) is 7.43. The molecule has 1 aromatic heterocycles. The summed E-state index contributed by atoms with van der Waals surface area (Å²) in [5.74, 6) is -2.77. The number of amides is 1. The molecule has 0 aliphatic rings. The Labute approximate surface area is 142 Å². The molecule has 0 fully saturated rings. The van der Waals surface area contributed by atoms with Crippen molar-refractivity contribution in [3.8, 4) is 11.3 Å². The van der Waals surface area contributed by atoms with E-state index >= 15 is 0 Å². The minimum absolute atomic E-state index is 0.257. The van der Waals surface area contributed by atoms with E-state index in [0.717, 1.165) is 12.1 Å². The lowest BCUT2D eigenvalue weighted by molar-refractivity contribution is 0.102. The third kappa shape index (κ3) is 3.68. The normalized spacial score (nSPS) is 10.6. The lowest BCUT2D eigenvalue weighted by atomic mass is 10.1. The van der Waals surface area contributed by atoms with Gasteiger partial charge in [0.05, 0.1) is 11.3 Å². The van der Waals surface area contributed by atoms with Crippen molar-refractivity contribution in [1.29, 1.82) is 0 Å². The first-order chi connectivity index (χ1) is 11.9. The fraction of sp³-hybridized carbons (Fsp3) is 0.0526. The van der Waals surface area contributed by atoms with Gasteiger partial charge in [-0.05, 0) is 55.0 Å². The molecule has 0 bridgehead atoms. The SMILES string of the molecule is Cc1ccc(NC(=O)c2ccc(-c3ccc(F)c(F)c3)nc2)cc1F. The Balaban J connectivity index is 1.78. The molecule has 0 saturated heterocycles. The van der Waals surface area contributed by atoms with Gasteiger partial charge in [-0.15, -0.1) is 0 Å². The zero-order valence-electron chi connectivity index (χ0n) is 13.2. The van der Waals surface area contributed by atoms with Gasteiger partial charge in [0.25, 0.3) is 5.91 Å². The highest BCUT2D eigenvalue weighted by Gasteiger charge is 2.10. The molecule has 0 saturated carbocycles. The molecule has 3 rings (SSSR count). The Morgan fingerprint density at radius 3 is 2.36 bits per heavy atom. The number of pyridine rings is 1. The van der Waals surface area contributed by atoms with Crippen LogP contribution in [-0.4, -0.2) is 10.9 Å². The van der Waals surface area contributed by atoms with Crippen molar-refractivity contribution < 1.29 is 18.0 Å². The number of carbonyl (C=O) groups is 1. The lowest BCUT2D eigenvalue weighted by Crippen LogP contribution is -2.12. The second kappa shape index (κ2) is 6.76. The summed E-state index contributed by atoms with van der Waals surface area (Å²) in [6, 6.07) is 10.9. The average Bonchev–Trinajstić information content (AvgIpc) is 2.61. The monoisotopic (exact) mass is 342 g/mol. The number of halogens is 3. The van der Waals surface area contributed by atoms with E-state index in [1.807, 2.05) is 0 Å². The summed E-state index contributed by atoms with van der Waals surface area (Å²) in [6.45, 7) is 1.63. The highest BCUT2D eigenvalue weighted by atomic mass is 19.2. The van der Waals surface area contributed by atoms with E-state index < -0.39 is 23.4 Å². The van der Waals surface area contributed by atoms with Gasteiger partial charge in [0, 0.05) is 17.4 Å². The van der Waals surface area contributed by atoms with Gasteiger partial charge in [0.1, 0.15) is 5.82 Å². The Hall–Kier alpha value is -3.15. The fourth-order valence-corrected chi connectivity index (χ4v) is 2.23. The van der Waals surface area contributed by atoms with Crippen LogP contribution < -0.4 is 5.32 Å². The van der Waals surface area contributed by atoms with Crippen LogP contribution >= 0.6 is 0 Å². The summed E-state index contributed by atoms with van der Waals surface area (Å²) >= 11 is 0. The summed E-state index contributed by atoms with van der Waals surface area (Å²) in [7, 11) is 0. The molecule has 2 aromatic carbocycles. The van der Waals surface area contributed by atoms with E-state index in [1.54, 1.807) is 19.1 Å². The van der Waals surface area contributed by atoms with Crippen LogP contribution in [0.1, 0.15) is 15.9 Å². The van der Waals surface area contributed by atoms with Crippen molar-refractivity contribution in [2.45, 2.75) is 6.92 Å². The zero-order chi connectivity index (χ0) is 18.0. The van der Waals surface area contributed by atoms with Gasteiger partial charge < -0.3 is 5.32 Å². The Morgan fingerprint density at radius 1 is 0.920 bits per heavy atom. The molecule has 1 amide bonds. The van der Waals surface area contributed by atoms with Crippen molar-refractivity contribution in [3.05, 3.63) is 83.3 Å². The number of hydrogen-bond acceptors (Lipinski definition) is 2. The molecule has 0 radical (unpaired) electrons. The third-order valence-corrected chi connectivity index (χ3v) is 3.67. The average molecular weight is 342 g/mol. The second-order valence-corrected chi connectivity index (χ2v) is 5.48. The molecular weight excluding hydrogens is 329 g/mol. The molecule has 1 N–H and O–H groups in total. The largest absolute Gasteiger partial charge is 0.322 e. The summed E-state index contributed by atoms with van der Waals surface area (Å²) in [5.41, 5.74) is 1.86. The quantitative estimate of drug-likeness (QED) is 0.748. The Kier molecular flexibility index (Phi) is 4.52. The van der Waals surface area contributed by atoms with Gasteiger partial charge in [-0.2, -0.15) is 0 Å². The summed E-state index contributed by atoms with van der Waals surface area (Å²) in [6.07, 6.45) is 1.32. The second-order valence-electron chi connectivity index (χ2n) is 5.48. The number of carbonyl (C=O) groups excluding carboxylic acids is 1. The van der Waals surface area contributed by atoms with Crippen LogP contribution in [-0.2, 0) is 0 Å². The van der Waals surface area contributed by atoms with Gasteiger partial charge in [-0.3, -0.25) is 9.78 Å². The highest BCUT2D eigenvalue weighted by Crippen LogP contribution is 2.20. The van der Waals surface area contributed by atoms with E-state index in [4.69, 9.17) is 0 Å². The van der Waals surface area contributed by atoms with E-state index in [2.05, 4.69) is 10.3 Å². The van der Waals surface area contributed by atoms with Crippen molar-refractivity contribution in [2.75, 3.05) is 5.32 Å². The maximum absolute atomic E-state index is 13.5. The lowest BCUT2D eigenvalue weighted by Gasteiger charge is -2.07. The molecule has 0 aliphatic carbocycles. The van der Waals surface area contributed by atoms with Gasteiger partial charge in [-0.25, -0.2) is 13.2 Å².